The van der Waals surface area contributed by atoms with Crippen LogP contribution in [0.3, 0.4) is 0 Å². The van der Waals surface area contributed by atoms with Crippen molar-refractivity contribution in [1.82, 2.24) is 4.98 Å². The number of pyridine rings is 1. The Balaban J connectivity index is 3.06. The summed E-state index contributed by atoms with van der Waals surface area (Å²) in [5.41, 5.74) is -0.770. The molecule has 5 nitrogen and oxygen atoms in total. The van der Waals surface area contributed by atoms with E-state index in [9.17, 15) is 22.8 Å². The van der Waals surface area contributed by atoms with Crippen LogP contribution >= 0.6 is 0 Å². The number of esters is 1. The minimum Gasteiger partial charge on any atom is -0.469 e. The Bertz CT molecular complexity index is 507. The van der Waals surface area contributed by atoms with Crippen LogP contribution in [0.25, 0.3) is 0 Å². The van der Waals surface area contributed by atoms with Crippen LogP contribution in [0.15, 0.2) is 11.0 Å². The van der Waals surface area contributed by atoms with Gasteiger partial charge in [-0.3, -0.25) is 9.59 Å². The van der Waals surface area contributed by atoms with E-state index in [0.29, 0.717) is 0 Å². The Morgan fingerprint density at radius 3 is 2.56 bits per heavy atom. The minimum absolute atomic E-state index is 0.0258. The van der Waals surface area contributed by atoms with Crippen LogP contribution in [0.5, 0.6) is 5.75 Å². The maximum Gasteiger partial charge on any atom is 0.573 e. The molecular formula is C10H10F3NO4. The third-order valence-electron chi connectivity index (χ3n) is 2.17. The zero-order chi connectivity index (χ0) is 13.9. The largest absolute Gasteiger partial charge is 0.573 e. The molecule has 0 amide bonds. The van der Waals surface area contributed by atoms with Crippen LogP contribution in [-0.2, 0) is 16.0 Å². The van der Waals surface area contributed by atoms with Gasteiger partial charge in [0.1, 0.15) is 0 Å². The van der Waals surface area contributed by atoms with E-state index in [-0.39, 0.29) is 17.7 Å². The molecule has 0 fully saturated rings. The monoisotopic (exact) mass is 265 g/mol. The molecule has 0 atom stereocenters. The van der Waals surface area contributed by atoms with Gasteiger partial charge in [0, 0.05) is 17.5 Å². The third kappa shape index (κ3) is 3.51. The molecule has 1 N–H and O–H groups in total. The molecule has 0 saturated heterocycles. The number of carbonyl (C=O) groups is 1. The molecule has 1 aromatic heterocycles. The lowest BCUT2D eigenvalue weighted by molar-refractivity contribution is -0.275. The Morgan fingerprint density at radius 2 is 2.06 bits per heavy atom. The third-order valence-corrected chi connectivity index (χ3v) is 2.17. The van der Waals surface area contributed by atoms with Crippen LogP contribution in [0.2, 0.25) is 0 Å². The van der Waals surface area contributed by atoms with Crippen LogP contribution in [0, 0.1) is 6.92 Å². The summed E-state index contributed by atoms with van der Waals surface area (Å²) in [6, 6.07) is 0. The van der Waals surface area contributed by atoms with Gasteiger partial charge in [-0.15, -0.1) is 13.2 Å². The van der Waals surface area contributed by atoms with Gasteiger partial charge in [-0.05, 0) is 6.92 Å². The SMILES string of the molecule is COC(=O)Cc1[nH]cc(OC(F)(F)F)c(=O)c1C. The first-order valence-electron chi connectivity index (χ1n) is 4.78. The van der Waals surface area contributed by atoms with Crippen molar-refractivity contribution in [3.63, 3.8) is 0 Å². The van der Waals surface area contributed by atoms with E-state index in [0.717, 1.165) is 13.3 Å². The minimum atomic E-state index is -4.94. The van der Waals surface area contributed by atoms with Crippen molar-refractivity contribution in [2.75, 3.05) is 7.11 Å². The van der Waals surface area contributed by atoms with E-state index in [1.807, 2.05) is 0 Å². The Hall–Kier alpha value is -1.99. The van der Waals surface area contributed by atoms with E-state index >= 15 is 0 Å². The lowest BCUT2D eigenvalue weighted by Crippen LogP contribution is -2.24. The van der Waals surface area contributed by atoms with E-state index in [1.54, 1.807) is 0 Å². The summed E-state index contributed by atoms with van der Waals surface area (Å²) in [7, 11) is 1.16. The lowest BCUT2D eigenvalue weighted by atomic mass is 10.1. The van der Waals surface area contributed by atoms with Gasteiger partial charge in [-0.2, -0.15) is 0 Å². The highest BCUT2D eigenvalue weighted by Gasteiger charge is 2.32. The lowest BCUT2D eigenvalue weighted by Gasteiger charge is -2.10. The molecule has 0 aromatic carbocycles. The van der Waals surface area contributed by atoms with E-state index in [2.05, 4.69) is 14.5 Å². The Kier molecular flexibility index (Phi) is 4.00. The number of carbonyl (C=O) groups excluding carboxylic acids is 1. The molecule has 0 spiro atoms. The summed E-state index contributed by atoms with van der Waals surface area (Å²) < 4.78 is 43.8. The fourth-order valence-electron chi connectivity index (χ4n) is 1.25. The normalized spacial score (nSPS) is 11.2. The first-order valence-corrected chi connectivity index (χ1v) is 4.78. The van der Waals surface area contributed by atoms with Crippen molar-refractivity contribution >= 4 is 5.97 Å². The molecule has 0 aliphatic rings. The standard InChI is InChI=1S/C10H10F3NO4/c1-5-6(3-8(15)17-2)14-4-7(9(5)16)18-10(11,12)13/h4H,3H2,1-2H3,(H,14,16). The number of halogens is 3. The molecule has 1 heterocycles. The molecule has 18 heavy (non-hydrogen) atoms. The van der Waals surface area contributed by atoms with Gasteiger partial charge in [-0.1, -0.05) is 0 Å². The number of nitrogens with one attached hydrogen (secondary N) is 1. The number of aromatic nitrogens is 1. The van der Waals surface area contributed by atoms with Crippen molar-refractivity contribution in [3.05, 3.63) is 27.7 Å². The van der Waals surface area contributed by atoms with Crippen LogP contribution < -0.4 is 10.2 Å². The number of rotatable bonds is 3. The number of hydrogen-bond acceptors (Lipinski definition) is 4. The smallest absolute Gasteiger partial charge is 0.469 e. The molecule has 100 valence electrons. The zero-order valence-electron chi connectivity index (χ0n) is 9.55. The summed E-state index contributed by atoms with van der Waals surface area (Å²) in [5.74, 6) is -1.48. The maximum atomic E-state index is 12.0. The zero-order valence-corrected chi connectivity index (χ0v) is 9.55. The van der Waals surface area contributed by atoms with Gasteiger partial charge in [0.25, 0.3) is 0 Å². The number of alkyl halides is 3. The predicted octanol–water partition coefficient (Wildman–Crippen LogP) is 1.30. The Labute approximate surface area is 99.5 Å². The average Bonchev–Trinajstić information content (AvgIpc) is 2.27. The second-order valence-corrected chi connectivity index (χ2v) is 3.39. The van der Waals surface area contributed by atoms with Gasteiger partial charge >= 0.3 is 12.3 Å². The van der Waals surface area contributed by atoms with E-state index in [4.69, 9.17) is 0 Å². The summed E-state index contributed by atoms with van der Waals surface area (Å²) in [5, 5.41) is 0. The summed E-state index contributed by atoms with van der Waals surface area (Å²) >= 11 is 0. The molecule has 0 radical (unpaired) electrons. The number of aromatic amines is 1. The summed E-state index contributed by atoms with van der Waals surface area (Å²) in [6.45, 7) is 1.29. The first kappa shape index (κ1) is 14.1. The second-order valence-electron chi connectivity index (χ2n) is 3.39. The number of ether oxygens (including phenoxy) is 2. The van der Waals surface area contributed by atoms with Crippen molar-refractivity contribution in [1.29, 1.82) is 0 Å². The van der Waals surface area contributed by atoms with Gasteiger partial charge in [0.05, 0.1) is 13.5 Å². The molecule has 0 bridgehead atoms. The highest BCUT2D eigenvalue weighted by Crippen LogP contribution is 2.19. The van der Waals surface area contributed by atoms with Crippen molar-refractivity contribution in [3.8, 4) is 5.75 Å². The van der Waals surface area contributed by atoms with Gasteiger partial charge < -0.3 is 14.5 Å². The molecule has 1 aromatic rings. The molecule has 0 unspecified atom stereocenters. The number of methoxy groups -OCH3 is 1. The average molecular weight is 265 g/mol. The summed E-state index contributed by atoms with van der Waals surface area (Å²) in [6.07, 6.45) is -4.41. The fraction of sp³-hybridized carbons (Fsp3) is 0.400. The topological polar surface area (TPSA) is 68.4 Å². The second kappa shape index (κ2) is 5.11. The van der Waals surface area contributed by atoms with Gasteiger partial charge in [0.15, 0.2) is 5.75 Å². The van der Waals surface area contributed by atoms with Crippen LogP contribution in [-0.4, -0.2) is 24.4 Å². The van der Waals surface area contributed by atoms with Crippen LogP contribution in [0.4, 0.5) is 13.2 Å². The van der Waals surface area contributed by atoms with Crippen molar-refractivity contribution in [2.45, 2.75) is 19.7 Å². The quantitative estimate of drug-likeness (QED) is 0.836. The van der Waals surface area contributed by atoms with Crippen molar-refractivity contribution in [2.24, 2.45) is 0 Å². The highest BCUT2D eigenvalue weighted by molar-refractivity contribution is 5.72. The maximum absolute atomic E-state index is 12.0. The van der Waals surface area contributed by atoms with Crippen molar-refractivity contribution < 1.29 is 27.4 Å². The van der Waals surface area contributed by atoms with Gasteiger partial charge in [-0.25, -0.2) is 0 Å². The summed E-state index contributed by atoms with van der Waals surface area (Å²) in [4.78, 5) is 25.0. The van der Waals surface area contributed by atoms with Crippen LogP contribution in [0.1, 0.15) is 11.3 Å². The predicted molar refractivity (Wildman–Crippen MR) is 54.2 cm³/mol. The highest BCUT2D eigenvalue weighted by atomic mass is 19.4. The Morgan fingerprint density at radius 1 is 1.44 bits per heavy atom. The van der Waals surface area contributed by atoms with Gasteiger partial charge in [0.2, 0.25) is 5.43 Å². The molecule has 1 rings (SSSR count). The molecule has 0 saturated carbocycles. The molecular weight excluding hydrogens is 255 g/mol. The van der Waals surface area contributed by atoms with E-state index in [1.165, 1.54) is 6.92 Å². The van der Waals surface area contributed by atoms with E-state index < -0.39 is 23.5 Å². The molecule has 0 aliphatic heterocycles. The molecule has 0 aliphatic carbocycles. The fourth-order valence-corrected chi connectivity index (χ4v) is 1.25. The molecule has 8 heteroatoms. The first-order chi connectivity index (χ1) is 8.24. The number of hydrogen-bond donors (Lipinski definition) is 1. The number of H-pyrrole nitrogens is 1.